The van der Waals surface area contributed by atoms with Crippen molar-refractivity contribution in [3.8, 4) is 5.69 Å². The molecule has 3 aromatic carbocycles. The summed E-state index contributed by atoms with van der Waals surface area (Å²) in [6.45, 7) is 3.88. The number of carbonyl (C=O) groups excluding carboxylic acids is 1. The molecular formula is C25H23N5O3S. The molecule has 9 heteroatoms. The van der Waals surface area contributed by atoms with Gasteiger partial charge in [0.25, 0.3) is 11.6 Å². The number of rotatable bonds is 8. The number of benzene rings is 3. The number of aryl methyl sites for hydroxylation is 1. The van der Waals surface area contributed by atoms with Crippen molar-refractivity contribution in [1.82, 2.24) is 20.1 Å². The van der Waals surface area contributed by atoms with Crippen LogP contribution in [0.15, 0.2) is 84.0 Å². The lowest BCUT2D eigenvalue weighted by atomic mass is 10.2. The third kappa shape index (κ3) is 5.32. The van der Waals surface area contributed by atoms with Crippen molar-refractivity contribution >= 4 is 23.4 Å². The number of non-ortho nitro benzene ring substituents is 1. The minimum Gasteiger partial charge on any atom is -0.342 e. The van der Waals surface area contributed by atoms with Crippen molar-refractivity contribution < 1.29 is 9.72 Å². The van der Waals surface area contributed by atoms with E-state index in [1.54, 1.807) is 36.4 Å². The number of hydrogen-bond donors (Lipinski definition) is 1. The van der Waals surface area contributed by atoms with Gasteiger partial charge in [-0.1, -0.05) is 59.8 Å². The average Bonchev–Trinajstić information content (AvgIpc) is 3.27. The molecule has 172 valence electrons. The maximum atomic E-state index is 12.7. The van der Waals surface area contributed by atoms with E-state index in [2.05, 4.69) is 27.6 Å². The third-order valence-electron chi connectivity index (χ3n) is 5.20. The standard InChI is InChI=1S/C25H23N5O3S/c1-17-7-6-8-19(15-17)16-34-25-28-27-23(18(2)26-24(31)20-9-4-3-5-10-20)29(25)21-11-13-22(14-12-21)30(32)33/h3-15,18H,16H2,1-2H3,(H,26,31). The summed E-state index contributed by atoms with van der Waals surface area (Å²) in [6.07, 6.45) is 0. The molecule has 4 aromatic rings. The van der Waals surface area contributed by atoms with E-state index in [1.807, 2.05) is 36.6 Å². The highest BCUT2D eigenvalue weighted by atomic mass is 32.2. The lowest BCUT2D eigenvalue weighted by Crippen LogP contribution is -2.28. The first kappa shape index (κ1) is 23.2. The van der Waals surface area contributed by atoms with Crippen LogP contribution >= 0.6 is 11.8 Å². The van der Waals surface area contributed by atoms with E-state index < -0.39 is 11.0 Å². The quantitative estimate of drug-likeness (QED) is 0.212. The average molecular weight is 474 g/mol. The van der Waals surface area contributed by atoms with Crippen LogP contribution in [-0.2, 0) is 5.75 Å². The van der Waals surface area contributed by atoms with Crippen LogP contribution in [0.5, 0.6) is 0 Å². The van der Waals surface area contributed by atoms with Gasteiger partial charge in [-0.2, -0.15) is 0 Å². The molecule has 0 radical (unpaired) electrons. The number of nitrogens with one attached hydrogen (secondary N) is 1. The van der Waals surface area contributed by atoms with Crippen molar-refractivity contribution in [3.63, 3.8) is 0 Å². The van der Waals surface area contributed by atoms with Crippen molar-refractivity contribution in [3.05, 3.63) is 111 Å². The lowest BCUT2D eigenvalue weighted by molar-refractivity contribution is -0.384. The number of nitrogens with zero attached hydrogens (tertiary/aromatic N) is 4. The van der Waals surface area contributed by atoms with E-state index >= 15 is 0 Å². The molecule has 1 heterocycles. The van der Waals surface area contributed by atoms with Gasteiger partial charge in [0.05, 0.1) is 11.0 Å². The third-order valence-corrected chi connectivity index (χ3v) is 6.20. The van der Waals surface area contributed by atoms with E-state index in [1.165, 1.54) is 29.5 Å². The lowest BCUT2D eigenvalue weighted by Gasteiger charge is -2.16. The molecule has 1 aromatic heterocycles. The summed E-state index contributed by atoms with van der Waals surface area (Å²) in [5, 5.41) is 23.5. The maximum absolute atomic E-state index is 12.7. The summed E-state index contributed by atoms with van der Waals surface area (Å²) in [4.78, 5) is 23.4. The summed E-state index contributed by atoms with van der Waals surface area (Å²) < 4.78 is 1.83. The van der Waals surface area contributed by atoms with Crippen molar-refractivity contribution in [1.29, 1.82) is 0 Å². The van der Waals surface area contributed by atoms with Gasteiger partial charge < -0.3 is 5.32 Å². The van der Waals surface area contributed by atoms with Crippen LogP contribution in [0.1, 0.15) is 40.3 Å². The first-order valence-electron chi connectivity index (χ1n) is 10.7. The highest BCUT2D eigenvalue weighted by Gasteiger charge is 2.22. The molecule has 1 N–H and O–H groups in total. The van der Waals surface area contributed by atoms with Crippen LogP contribution in [-0.4, -0.2) is 25.6 Å². The van der Waals surface area contributed by atoms with E-state index in [-0.39, 0.29) is 11.6 Å². The Morgan fingerprint density at radius 2 is 1.79 bits per heavy atom. The monoisotopic (exact) mass is 473 g/mol. The van der Waals surface area contributed by atoms with Gasteiger partial charge in [0, 0.05) is 29.1 Å². The first-order chi connectivity index (χ1) is 16.4. The number of nitro benzene ring substituents is 1. The number of aromatic nitrogens is 3. The molecule has 0 fully saturated rings. The van der Waals surface area contributed by atoms with Gasteiger partial charge in [0.2, 0.25) is 0 Å². The predicted octanol–water partition coefficient (Wildman–Crippen LogP) is 5.27. The molecule has 8 nitrogen and oxygen atoms in total. The first-order valence-corrected chi connectivity index (χ1v) is 11.7. The Balaban J connectivity index is 1.65. The molecule has 0 spiro atoms. The topological polar surface area (TPSA) is 103 Å². The molecule has 0 bridgehead atoms. The van der Waals surface area contributed by atoms with Crippen molar-refractivity contribution in [2.75, 3.05) is 0 Å². The van der Waals surface area contributed by atoms with Crippen molar-refractivity contribution in [2.24, 2.45) is 0 Å². The maximum Gasteiger partial charge on any atom is 0.269 e. The van der Waals surface area contributed by atoms with Gasteiger partial charge in [-0.05, 0) is 43.7 Å². The molecule has 1 unspecified atom stereocenters. The van der Waals surface area contributed by atoms with Crippen LogP contribution in [0.4, 0.5) is 5.69 Å². The number of carbonyl (C=O) groups is 1. The van der Waals surface area contributed by atoms with Crippen molar-refractivity contribution in [2.45, 2.75) is 30.8 Å². The van der Waals surface area contributed by atoms with E-state index in [0.717, 1.165) is 5.56 Å². The fraction of sp³-hybridized carbons (Fsp3) is 0.160. The van der Waals surface area contributed by atoms with Gasteiger partial charge >= 0.3 is 0 Å². The highest BCUT2D eigenvalue weighted by molar-refractivity contribution is 7.98. The number of thioether (sulfide) groups is 1. The fourth-order valence-corrected chi connectivity index (χ4v) is 4.41. The Morgan fingerprint density at radius 3 is 2.47 bits per heavy atom. The van der Waals surface area contributed by atoms with Crippen LogP contribution in [0, 0.1) is 17.0 Å². The fourth-order valence-electron chi connectivity index (χ4n) is 3.51. The van der Waals surface area contributed by atoms with Crippen LogP contribution < -0.4 is 5.32 Å². The highest BCUT2D eigenvalue weighted by Crippen LogP contribution is 2.28. The zero-order valence-electron chi connectivity index (χ0n) is 18.7. The normalized spacial score (nSPS) is 11.7. The second-order valence-corrected chi connectivity index (χ2v) is 8.73. The number of amides is 1. The zero-order chi connectivity index (χ0) is 24.1. The molecule has 1 amide bonds. The SMILES string of the molecule is Cc1cccc(CSc2nnc(C(C)NC(=O)c3ccccc3)n2-c2ccc([N+](=O)[O-])cc2)c1. The second kappa shape index (κ2) is 10.3. The summed E-state index contributed by atoms with van der Waals surface area (Å²) in [6, 6.07) is 22.9. The minimum atomic E-state index is -0.455. The van der Waals surface area contributed by atoms with Crippen LogP contribution in [0.25, 0.3) is 5.69 Å². The zero-order valence-corrected chi connectivity index (χ0v) is 19.5. The van der Waals surface area contributed by atoms with Crippen LogP contribution in [0.3, 0.4) is 0 Å². The van der Waals surface area contributed by atoms with E-state index in [0.29, 0.717) is 28.0 Å². The van der Waals surface area contributed by atoms with Gasteiger partial charge in [0.1, 0.15) is 0 Å². The largest absolute Gasteiger partial charge is 0.342 e. The van der Waals surface area contributed by atoms with E-state index in [4.69, 9.17) is 0 Å². The Hall–Kier alpha value is -3.98. The summed E-state index contributed by atoms with van der Waals surface area (Å²) in [5.74, 6) is 0.988. The molecule has 0 saturated heterocycles. The molecular weight excluding hydrogens is 450 g/mol. The molecule has 0 saturated carbocycles. The molecule has 4 rings (SSSR count). The van der Waals surface area contributed by atoms with Crippen LogP contribution in [0.2, 0.25) is 0 Å². The van der Waals surface area contributed by atoms with Gasteiger partial charge in [0.15, 0.2) is 11.0 Å². The Kier molecular flexibility index (Phi) is 7.03. The van der Waals surface area contributed by atoms with Gasteiger partial charge in [-0.25, -0.2) is 0 Å². The summed E-state index contributed by atoms with van der Waals surface area (Å²) in [5.41, 5.74) is 3.55. The molecule has 1 atom stereocenters. The number of hydrogen-bond acceptors (Lipinski definition) is 6. The van der Waals surface area contributed by atoms with E-state index in [9.17, 15) is 14.9 Å². The number of nitro groups is 1. The smallest absolute Gasteiger partial charge is 0.269 e. The molecule has 0 aliphatic carbocycles. The summed E-state index contributed by atoms with van der Waals surface area (Å²) in [7, 11) is 0. The predicted molar refractivity (Wildman–Crippen MR) is 131 cm³/mol. The Morgan fingerprint density at radius 1 is 1.06 bits per heavy atom. The van der Waals surface area contributed by atoms with Gasteiger partial charge in [-0.15, -0.1) is 10.2 Å². The van der Waals surface area contributed by atoms with Gasteiger partial charge in [-0.3, -0.25) is 19.5 Å². The Bertz CT molecular complexity index is 1310. The summed E-state index contributed by atoms with van der Waals surface area (Å²) >= 11 is 1.51. The second-order valence-electron chi connectivity index (χ2n) is 7.79. The molecule has 0 aliphatic rings. The Labute approximate surface area is 201 Å². The minimum absolute atomic E-state index is 0.00207. The molecule has 34 heavy (non-hydrogen) atoms. The molecule has 0 aliphatic heterocycles.